The Morgan fingerprint density at radius 3 is 0.667 bits per heavy atom. The molecular formula is C126H192O15. The highest BCUT2D eigenvalue weighted by molar-refractivity contribution is 5.42. The van der Waals surface area contributed by atoms with E-state index in [9.17, 15) is 25.5 Å². The maximum atomic E-state index is 11.1. The van der Waals surface area contributed by atoms with Crippen LogP contribution in [0.3, 0.4) is 0 Å². The van der Waals surface area contributed by atoms with Gasteiger partial charge in [-0.3, -0.25) is 0 Å². The van der Waals surface area contributed by atoms with Gasteiger partial charge < -0.3 is 72.9 Å². The summed E-state index contributed by atoms with van der Waals surface area (Å²) in [5, 5.41) is 54.1. The van der Waals surface area contributed by atoms with Gasteiger partial charge in [-0.2, -0.15) is 0 Å². The zero-order valence-corrected chi connectivity index (χ0v) is 88.9. The second-order valence-corrected chi connectivity index (χ2v) is 39.9. The molecule has 0 radical (unpaired) electrons. The lowest BCUT2D eigenvalue weighted by atomic mass is 9.78. The Kier molecular flexibility index (Phi) is 69.8. The fourth-order valence-electron chi connectivity index (χ4n) is 17.2. The summed E-state index contributed by atoms with van der Waals surface area (Å²) in [6.45, 7) is 17.2. The summed E-state index contributed by atoms with van der Waals surface area (Å²) in [5.74, 6) is 5.14. The molecule has 0 saturated carbocycles. The Labute approximate surface area is 856 Å². The highest BCUT2D eigenvalue weighted by Crippen LogP contribution is 2.35. The summed E-state index contributed by atoms with van der Waals surface area (Å²) in [7, 11) is 0. The van der Waals surface area contributed by atoms with Gasteiger partial charge in [-0.05, 0) is 253 Å². The van der Waals surface area contributed by atoms with E-state index in [1.807, 2.05) is 103 Å². The molecule has 7 aromatic rings. The lowest BCUT2D eigenvalue weighted by molar-refractivity contribution is -0.105. The van der Waals surface area contributed by atoms with E-state index in [2.05, 4.69) is 170 Å². The number of ether oxygens (including phenoxy) is 10. The van der Waals surface area contributed by atoms with E-state index in [-0.39, 0.29) is 91.3 Å². The first-order valence-electron chi connectivity index (χ1n) is 55.9. The van der Waals surface area contributed by atoms with Gasteiger partial charge in [0.25, 0.3) is 0 Å². The van der Waals surface area contributed by atoms with Crippen LogP contribution in [-0.4, -0.2) is 142 Å². The molecule has 5 atom stereocenters. The topological polar surface area (TPSA) is 193 Å². The smallest absolute Gasteiger partial charge is 0.122 e. The van der Waals surface area contributed by atoms with E-state index < -0.39 is 35.9 Å². The van der Waals surface area contributed by atoms with Crippen LogP contribution in [0.4, 0.5) is 0 Å². The van der Waals surface area contributed by atoms with E-state index >= 15 is 0 Å². The van der Waals surface area contributed by atoms with Crippen LogP contribution < -0.4 is 33.2 Å². The molecule has 0 aliphatic rings. The van der Waals surface area contributed by atoms with Crippen LogP contribution in [0.5, 0.6) is 40.2 Å². The molecule has 0 heterocycles. The molecule has 5 N–H and O–H groups in total. The van der Waals surface area contributed by atoms with Crippen LogP contribution in [0.15, 0.2) is 225 Å². The average Bonchev–Trinajstić information content (AvgIpc) is 0.783. The van der Waals surface area contributed by atoms with Crippen LogP contribution in [-0.2, 0) is 45.3 Å². The molecule has 0 aromatic heterocycles. The van der Waals surface area contributed by atoms with Gasteiger partial charge in [0, 0.05) is 10.8 Å². The number of benzene rings is 7. The maximum Gasteiger partial charge on any atom is 0.122 e. The Bertz CT molecular complexity index is 3990. The van der Waals surface area contributed by atoms with Gasteiger partial charge in [-0.25, -0.2) is 0 Å². The van der Waals surface area contributed by atoms with Gasteiger partial charge in [-0.15, -0.1) is 0 Å². The SMILES string of the molecule is CCCC/C=C/CCCCCCCCCc1cccc(OCC(O)COCC(CC)(COCC(O)COc2cccc(CCCCCCCCC/C=C/CCCC)c2)COCC(O)COc2cccc(CCCCCCCCC/C=C/CCCC)c2)c1.CCCC/C=C/CCCCCCCCCc1cccc(OCC(O)COc2ccc(C(C)(C)c3ccc(OCC(O)COc4ccccc4)cc3)cc2)c1. The minimum absolute atomic E-state index is 0.0667. The highest BCUT2D eigenvalue weighted by atomic mass is 16.5. The second kappa shape index (κ2) is 81.0. The van der Waals surface area contributed by atoms with Crippen molar-refractivity contribution in [3.63, 3.8) is 0 Å². The highest BCUT2D eigenvalue weighted by Gasteiger charge is 2.32. The van der Waals surface area contributed by atoms with Crippen LogP contribution in [0.25, 0.3) is 0 Å². The molecule has 141 heavy (non-hydrogen) atoms. The molecule has 0 fully saturated rings. The predicted octanol–water partition coefficient (Wildman–Crippen LogP) is 31.0. The number of unbranched alkanes of at least 4 members (excludes halogenated alkanes) is 36. The van der Waals surface area contributed by atoms with Crippen molar-refractivity contribution < 1.29 is 72.9 Å². The summed E-state index contributed by atoms with van der Waals surface area (Å²) < 4.78 is 60.2. The number of para-hydroxylation sites is 1. The molecule has 7 rings (SSSR count). The van der Waals surface area contributed by atoms with E-state index in [0.29, 0.717) is 17.9 Å². The van der Waals surface area contributed by atoms with Crippen LogP contribution >= 0.6 is 0 Å². The van der Waals surface area contributed by atoms with Crippen LogP contribution in [0.1, 0.15) is 371 Å². The standard InChI is InChI=1S/C78H128O9.C48H64O6/c1-5-9-12-15-18-21-24-27-30-33-36-39-42-48-69-51-45-54-75(57-69)85-63-72(79)60-82-66-78(8-4,67-83-61-73(80)64-86-76-55-46-52-70(58-76)49-43-40-37-34-31-28-25-22-19-16-13-10-6-2)68-84-62-74(81)65-87-77-56-47-53-71(59-77)50-44-41-38-35-32-29-26-23-20-17-14-11-7-3;1-4-5-6-7-8-9-10-11-12-13-14-15-17-21-39-22-20-25-47(34-39)54-38-43(50)37-53-46-32-28-41(29-33-46)48(2,3)40-26-30-45(31-27-40)52-36-42(49)35-51-44-23-18-16-19-24-44/h15-20,45-47,51-59,72-74,79-81H,5-14,21-44,48-50,60-68H2,1-4H3;7-8,16,18-20,22-34,42-43,49-50H,4-6,9-15,17,21,35-38H2,1-3H3/b18-15+,19-16+,20-17+;8-7+. The molecular weight excluding hydrogens is 1750 g/mol. The first-order chi connectivity index (χ1) is 69.1. The third-order valence-electron chi connectivity index (χ3n) is 26.4. The lowest BCUT2D eigenvalue weighted by Crippen LogP contribution is -2.40. The maximum absolute atomic E-state index is 11.1. The first-order valence-corrected chi connectivity index (χ1v) is 55.9. The van der Waals surface area contributed by atoms with E-state index in [4.69, 9.17) is 47.4 Å². The van der Waals surface area contributed by atoms with Crippen molar-refractivity contribution >= 4 is 0 Å². The molecule has 0 spiro atoms. The van der Waals surface area contributed by atoms with Crippen molar-refractivity contribution in [1.29, 1.82) is 0 Å². The van der Waals surface area contributed by atoms with Crippen LogP contribution in [0.2, 0.25) is 0 Å². The molecule has 786 valence electrons. The zero-order valence-electron chi connectivity index (χ0n) is 88.9. The summed E-state index contributed by atoms with van der Waals surface area (Å²) in [6, 6.07) is 58.3. The summed E-state index contributed by atoms with van der Waals surface area (Å²) in [5.41, 5.74) is 6.42. The molecule has 15 heteroatoms. The average molecular weight is 1950 g/mol. The molecule has 0 bridgehead atoms. The molecule has 5 unspecified atom stereocenters. The summed E-state index contributed by atoms with van der Waals surface area (Å²) >= 11 is 0. The minimum Gasteiger partial charge on any atom is -0.491 e. The molecule has 0 amide bonds. The van der Waals surface area contributed by atoms with E-state index in [0.717, 1.165) is 84.8 Å². The summed E-state index contributed by atoms with van der Waals surface area (Å²) in [6.07, 6.45) is 75.5. The fourth-order valence-corrected chi connectivity index (χ4v) is 17.2. The Morgan fingerprint density at radius 2 is 0.426 bits per heavy atom. The minimum atomic E-state index is -0.850. The number of rotatable bonds is 88. The molecule has 0 aliphatic heterocycles. The van der Waals surface area contributed by atoms with E-state index in [1.54, 1.807) is 0 Å². The number of allylic oxidation sites excluding steroid dienone is 8. The third kappa shape index (κ3) is 61.0. The van der Waals surface area contributed by atoms with Crippen molar-refractivity contribution in [3.05, 3.63) is 258 Å². The van der Waals surface area contributed by atoms with Gasteiger partial charge in [0.05, 0.1) is 39.6 Å². The van der Waals surface area contributed by atoms with Gasteiger partial charge in [-0.1, -0.05) is 368 Å². The van der Waals surface area contributed by atoms with Crippen molar-refractivity contribution in [2.75, 3.05) is 85.9 Å². The van der Waals surface area contributed by atoms with Crippen molar-refractivity contribution in [1.82, 2.24) is 0 Å². The second-order valence-electron chi connectivity index (χ2n) is 39.9. The lowest BCUT2D eigenvalue weighted by Gasteiger charge is -2.33. The third-order valence-corrected chi connectivity index (χ3v) is 26.4. The number of aliphatic hydroxyl groups excluding tert-OH is 5. The number of aryl methyl sites for hydroxylation is 4. The Balaban J connectivity index is 0.000000480. The van der Waals surface area contributed by atoms with Gasteiger partial charge >= 0.3 is 0 Å². The van der Waals surface area contributed by atoms with Crippen molar-refractivity contribution in [2.45, 2.75) is 399 Å². The number of hydrogen-bond acceptors (Lipinski definition) is 15. The summed E-state index contributed by atoms with van der Waals surface area (Å²) in [4.78, 5) is 0. The van der Waals surface area contributed by atoms with Gasteiger partial charge in [0.15, 0.2) is 0 Å². The Morgan fingerprint density at radius 1 is 0.220 bits per heavy atom. The number of hydrogen-bond donors (Lipinski definition) is 5. The normalized spacial score (nSPS) is 13.3. The zero-order chi connectivity index (χ0) is 100. The molecule has 0 aliphatic carbocycles. The van der Waals surface area contributed by atoms with Crippen molar-refractivity contribution in [2.24, 2.45) is 5.41 Å². The largest absolute Gasteiger partial charge is 0.491 e. The van der Waals surface area contributed by atoms with Crippen molar-refractivity contribution in [3.8, 4) is 40.2 Å². The Hall–Kier alpha value is -8.22. The molecule has 7 aromatic carbocycles. The van der Waals surface area contributed by atoms with Crippen LogP contribution in [0, 0.1) is 5.41 Å². The monoisotopic (exact) mass is 1950 g/mol. The fraction of sp³-hybridized carbons (Fsp3) is 0.603. The van der Waals surface area contributed by atoms with Gasteiger partial charge in [0.2, 0.25) is 0 Å². The number of aliphatic hydroxyl groups is 5. The first kappa shape index (κ1) is 121. The predicted molar refractivity (Wildman–Crippen MR) is 588 cm³/mol. The van der Waals surface area contributed by atoms with Gasteiger partial charge in [0.1, 0.15) is 117 Å². The van der Waals surface area contributed by atoms with E-state index in [1.165, 1.54) is 286 Å². The molecule has 0 saturated heterocycles. The quantitative estimate of drug-likeness (QED) is 0.0178. The molecule has 15 nitrogen and oxygen atoms in total.